The molecule has 39 heavy (non-hydrogen) atoms. The molecule has 12 heteroatoms. The molecule has 0 saturated heterocycles. The summed E-state index contributed by atoms with van der Waals surface area (Å²) in [5, 5.41) is 21.0. The number of carbonyl (C=O) groups excluding carboxylic acids is 1. The summed E-state index contributed by atoms with van der Waals surface area (Å²) in [6, 6.07) is 7.78. The van der Waals surface area contributed by atoms with Gasteiger partial charge in [0, 0.05) is 17.7 Å². The van der Waals surface area contributed by atoms with Crippen molar-refractivity contribution in [1.82, 2.24) is 15.0 Å². The summed E-state index contributed by atoms with van der Waals surface area (Å²) >= 11 is 0. The van der Waals surface area contributed by atoms with Gasteiger partial charge in [-0.15, -0.1) is 0 Å². The molecule has 1 aromatic carbocycles. The van der Waals surface area contributed by atoms with Crippen LogP contribution >= 0.6 is 0 Å². The molecule has 0 aliphatic carbocycles. The lowest BCUT2D eigenvalue weighted by Gasteiger charge is -2.38. The fraction of sp³-hybridized carbons (Fsp3) is 0.407. The van der Waals surface area contributed by atoms with Crippen LogP contribution in [-0.2, 0) is 11.6 Å². The molecular weight excluding hydrogens is 515 g/mol. The Kier molecular flexibility index (Phi) is 9.46. The van der Waals surface area contributed by atoms with E-state index >= 15 is 0 Å². The van der Waals surface area contributed by atoms with Gasteiger partial charge in [0.15, 0.2) is 5.82 Å². The summed E-state index contributed by atoms with van der Waals surface area (Å²) < 4.78 is 45.0. The number of aliphatic hydroxyl groups is 2. The Morgan fingerprint density at radius 2 is 1.92 bits per heavy atom. The van der Waals surface area contributed by atoms with E-state index in [2.05, 4.69) is 20.3 Å². The molecule has 3 N–H and O–H groups in total. The van der Waals surface area contributed by atoms with Crippen molar-refractivity contribution >= 4 is 17.7 Å². The third-order valence-corrected chi connectivity index (χ3v) is 6.03. The number of halogens is 3. The van der Waals surface area contributed by atoms with E-state index in [1.165, 1.54) is 29.4 Å². The number of hydrogen-bond acceptors (Lipinski definition) is 7. The Balaban J connectivity index is 0.00000205. The first kappa shape index (κ1) is 29.8. The fourth-order valence-corrected chi connectivity index (χ4v) is 3.92. The number of fused-ring (bicyclic) bond motifs is 1. The third kappa shape index (κ3) is 7.21. The Morgan fingerprint density at radius 3 is 2.62 bits per heavy atom. The average Bonchev–Trinajstić information content (AvgIpc) is 2.92. The number of alkyl halides is 3. The molecule has 4 rings (SSSR count). The Morgan fingerprint density at radius 1 is 1.18 bits per heavy atom. The second-order valence-electron chi connectivity index (χ2n) is 9.25. The number of anilines is 2. The van der Waals surface area contributed by atoms with Gasteiger partial charge < -0.3 is 14.9 Å². The minimum atomic E-state index is -4.49. The smallest absolute Gasteiger partial charge is 0.416 e. The number of amides is 2. The van der Waals surface area contributed by atoms with Crippen LogP contribution < -0.4 is 15.0 Å². The van der Waals surface area contributed by atoms with Crippen molar-refractivity contribution in [2.75, 3.05) is 30.0 Å². The highest BCUT2D eigenvalue weighted by atomic mass is 19.4. The van der Waals surface area contributed by atoms with Gasteiger partial charge >= 0.3 is 12.2 Å². The summed E-state index contributed by atoms with van der Waals surface area (Å²) in [6.07, 6.45) is -2.35. The van der Waals surface area contributed by atoms with E-state index in [1.807, 2.05) is 27.7 Å². The van der Waals surface area contributed by atoms with E-state index in [9.17, 15) is 23.1 Å². The zero-order chi connectivity index (χ0) is 28.8. The second kappa shape index (κ2) is 12.4. The molecule has 1 unspecified atom stereocenters. The first-order valence-electron chi connectivity index (χ1n) is 12.5. The number of aromatic nitrogens is 3. The molecule has 3 aromatic rings. The molecule has 9 nitrogen and oxygen atoms in total. The number of rotatable bonds is 6. The van der Waals surface area contributed by atoms with Crippen molar-refractivity contribution in [2.24, 2.45) is 0 Å². The predicted molar refractivity (Wildman–Crippen MR) is 141 cm³/mol. The van der Waals surface area contributed by atoms with Gasteiger partial charge in [-0.2, -0.15) is 18.2 Å². The Bertz CT molecular complexity index is 1290. The molecule has 0 fully saturated rings. The van der Waals surface area contributed by atoms with Crippen LogP contribution in [0.2, 0.25) is 0 Å². The fourth-order valence-electron chi connectivity index (χ4n) is 3.92. The van der Waals surface area contributed by atoms with Gasteiger partial charge in [-0.3, -0.25) is 15.2 Å². The molecule has 1 aliphatic rings. The molecule has 210 valence electrons. The molecule has 0 spiro atoms. The monoisotopic (exact) mass is 547 g/mol. The standard InChI is InChI=1S/C25H26F3N5O4.C2H6/c1-24(2)8-9-33(23(36)32-20-11-29-12-21(31-20)37-14-17(35)13-34)22-18(24)6-7-19(30-22)15-4-3-5-16(10-15)25(26,27)28;1-2/h3-7,10-12,17,34-35H,8-9,13-14H2,1-2H3,(H,31,32,36);1-2H3. The molecule has 2 aromatic heterocycles. The number of benzene rings is 1. The molecule has 1 aliphatic heterocycles. The zero-order valence-corrected chi connectivity index (χ0v) is 22.2. The minimum absolute atomic E-state index is 0.0374. The van der Waals surface area contributed by atoms with Crippen LogP contribution in [0.5, 0.6) is 5.88 Å². The molecular formula is C27H32F3N5O4. The van der Waals surface area contributed by atoms with Crippen LogP contribution in [0.3, 0.4) is 0 Å². The quantitative estimate of drug-likeness (QED) is 0.396. The van der Waals surface area contributed by atoms with Crippen molar-refractivity contribution in [3.8, 4) is 17.1 Å². The number of ether oxygens (including phenoxy) is 1. The number of carbonyl (C=O) groups is 1. The first-order chi connectivity index (χ1) is 18.5. The number of nitrogens with zero attached hydrogens (tertiary/aromatic N) is 4. The summed E-state index contributed by atoms with van der Waals surface area (Å²) in [5.41, 5.74) is 0.268. The number of aliphatic hydroxyl groups excluding tert-OH is 2. The van der Waals surface area contributed by atoms with Crippen molar-refractivity contribution in [3.63, 3.8) is 0 Å². The van der Waals surface area contributed by atoms with E-state index in [1.54, 1.807) is 12.1 Å². The largest absolute Gasteiger partial charge is 0.474 e. The average molecular weight is 548 g/mol. The normalized spacial score (nSPS) is 14.9. The number of nitrogens with one attached hydrogen (secondary N) is 1. The van der Waals surface area contributed by atoms with Crippen LogP contribution in [0.25, 0.3) is 11.3 Å². The molecule has 1 atom stereocenters. The molecule has 0 saturated carbocycles. The number of hydrogen-bond donors (Lipinski definition) is 3. The summed E-state index contributed by atoms with van der Waals surface area (Å²) in [5.74, 6) is 0.465. The lowest BCUT2D eigenvalue weighted by atomic mass is 9.79. The van der Waals surface area contributed by atoms with Gasteiger partial charge in [0.05, 0.1) is 30.3 Å². The lowest BCUT2D eigenvalue weighted by Crippen LogP contribution is -2.44. The zero-order valence-electron chi connectivity index (χ0n) is 22.2. The Labute approximate surface area is 224 Å². The van der Waals surface area contributed by atoms with Crippen molar-refractivity contribution in [2.45, 2.75) is 51.8 Å². The van der Waals surface area contributed by atoms with Gasteiger partial charge in [-0.25, -0.2) is 9.78 Å². The summed E-state index contributed by atoms with van der Waals surface area (Å²) in [4.78, 5) is 27.4. The lowest BCUT2D eigenvalue weighted by molar-refractivity contribution is -0.137. The van der Waals surface area contributed by atoms with Crippen LogP contribution in [0.4, 0.5) is 29.6 Å². The maximum absolute atomic E-state index is 13.2. The number of urea groups is 1. The maximum Gasteiger partial charge on any atom is 0.416 e. The molecule has 3 heterocycles. The van der Waals surface area contributed by atoms with E-state index in [0.29, 0.717) is 24.5 Å². The van der Waals surface area contributed by atoms with E-state index < -0.39 is 30.5 Å². The molecule has 2 amide bonds. The SMILES string of the molecule is CC.CC1(C)CCN(C(=O)Nc2cncc(OCC(O)CO)n2)c2nc(-c3cccc(C(F)(F)F)c3)ccc21. The van der Waals surface area contributed by atoms with Gasteiger partial charge in [0.1, 0.15) is 18.5 Å². The van der Waals surface area contributed by atoms with Crippen molar-refractivity contribution in [3.05, 3.63) is 59.9 Å². The number of pyridine rings is 1. The first-order valence-corrected chi connectivity index (χ1v) is 12.5. The molecule has 0 bridgehead atoms. The van der Waals surface area contributed by atoms with Gasteiger partial charge in [-0.1, -0.05) is 45.9 Å². The molecule has 0 radical (unpaired) electrons. The highest BCUT2D eigenvalue weighted by molar-refractivity contribution is 6.01. The van der Waals surface area contributed by atoms with Gasteiger partial charge in [0.25, 0.3) is 0 Å². The minimum Gasteiger partial charge on any atom is -0.474 e. The van der Waals surface area contributed by atoms with Gasteiger partial charge in [0.2, 0.25) is 5.88 Å². The van der Waals surface area contributed by atoms with Crippen LogP contribution in [0.1, 0.15) is 45.2 Å². The topological polar surface area (TPSA) is 121 Å². The van der Waals surface area contributed by atoms with Crippen molar-refractivity contribution in [1.29, 1.82) is 0 Å². The van der Waals surface area contributed by atoms with Crippen LogP contribution in [0, 0.1) is 0 Å². The highest BCUT2D eigenvalue weighted by Crippen LogP contribution is 2.40. The maximum atomic E-state index is 13.2. The van der Waals surface area contributed by atoms with Crippen LogP contribution in [-0.4, -0.2) is 57.1 Å². The van der Waals surface area contributed by atoms with Crippen molar-refractivity contribution < 1.29 is 32.9 Å². The summed E-state index contributed by atoms with van der Waals surface area (Å²) in [7, 11) is 0. The highest BCUT2D eigenvalue weighted by Gasteiger charge is 2.36. The van der Waals surface area contributed by atoms with E-state index in [-0.39, 0.29) is 29.3 Å². The van der Waals surface area contributed by atoms with Crippen LogP contribution in [0.15, 0.2) is 48.8 Å². The predicted octanol–water partition coefficient (Wildman–Crippen LogP) is 5.04. The Hall–Kier alpha value is -3.77. The second-order valence-corrected chi connectivity index (χ2v) is 9.25. The summed E-state index contributed by atoms with van der Waals surface area (Å²) in [6.45, 7) is 7.65. The van der Waals surface area contributed by atoms with E-state index in [0.717, 1.165) is 17.7 Å². The van der Waals surface area contributed by atoms with Gasteiger partial charge in [-0.05, 0) is 30.0 Å². The van der Waals surface area contributed by atoms with E-state index in [4.69, 9.17) is 9.84 Å². The third-order valence-electron chi connectivity index (χ3n) is 6.03.